The predicted octanol–water partition coefficient (Wildman–Crippen LogP) is 3.71. The maximum atomic E-state index is 12.7. The van der Waals surface area contributed by atoms with Crippen LogP contribution in [-0.4, -0.2) is 53.5 Å². The zero-order valence-electron chi connectivity index (χ0n) is 17.5. The Morgan fingerprint density at radius 3 is 2.74 bits per heavy atom. The largest absolute Gasteiger partial charge is 0.464 e. The zero-order valence-corrected chi connectivity index (χ0v) is 17.5. The minimum absolute atomic E-state index is 0.108. The maximum Gasteiger partial charge on any atom is 0.391 e. The first-order valence-electron chi connectivity index (χ1n) is 9.92. The van der Waals surface area contributed by atoms with Gasteiger partial charge in [-0.25, -0.2) is 9.78 Å². The molecular weight excluding hydrogens is 417 g/mol. The van der Waals surface area contributed by atoms with Crippen molar-refractivity contribution < 1.29 is 32.2 Å². The number of aromatic nitrogens is 2. The van der Waals surface area contributed by atoms with E-state index in [4.69, 9.17) is 9.47 Å². The second-order valence-corrected chi connectivity index (χ2v) is 7.60. The molecule has 11 heteroatoms. The Balaban J connectivity index is 2.08. The van der Waals surface area contributed by atoms with Crippen LogP contribution in [0.15, 0.2) is 12.3 Å². The summed E-state index contributed by atoms with van der Waals surface area (Å²) in [7, 11) is 1.23. The quantitative estimate of drug-likeness (QED) is 0.635. The molecule has 170 valence electrons. The lowest BCUT2D eigenvalue weighted by Gasteiger charge is -2.17. The molecular formula is C20H25F3N4O4. The molecule has 31 heavy (non-hydrogen) atoms. The highest BCUT2D eigenvalue weighted by Crippen LogP contribution is 2.34. The topological polar surface area (TPSA) is 94.5 Å². The number of nitrogens with zero attached hydrogens (tertiary/aromatic N) is 2. The number of pyridine rings is 1. The molecule has 0 radical (unpaired) electrons. The van der Waals surface area contributed by atoms with Gasteiger partial charge in [0.05, 0.1) is 43.8 Å². The highest BCUT2D eigenvalue weighted by Gasteiger charge is 2.31. The van der Waals surface area contributed by atoms with E-state index in [0.29, 0.717) is 29.9 Å². The van der Waals surface area contributed by atoms with Crippen LogP contribution in [0.1, 0.15) is 43.6 Å². The number of anilines is 2. The van der Waals surface area contributed by atoms with Crippen LogP contribution in [0.4, 0.5) is 24.5 Å². The Hall–Kier alpha value is -2.82. The van der Waals surface area contributed by atoms with Gasteiger partial charge in [0.2, 0.25) is 5.91 Å². The van der Waals surface area contributed by atoms with Gasteiger partial charge < -0.3 is 24.7 Å². The monoisotopic (exact) mass is 442 g/mol. The summed E-state index contributed by atoms with van der Waals surface area (Å²) in [5.41, 5.74) is 1.04. The molecule has 0 unspecified atom stereocenters. The third kappa shape index (κ3) is 5.46. The van der Waals surface area contributed by atoms with Gasteiger partial charge in [0.25, 0.3) is 0 Å². The van der Waals surface area contributed by atoms with Gasteiger partial charge in [0.1, 0.15) is 5.65 Å². The fourth-order valence-corrected chi connectivity index (χ4v) is 3.77. The number of carbonyl (C=O) groups is 2. The molecule has 2 atom stereocenters. The van der Waals surface area contributed by atoms with Crippen molar-refractivity contribution in [1.82, 2.24) is 9.55 Å². The summed E-state index contributed by atoms with van der Waals surface area (Å²) >= 11 is 0. The van der Waals surface area contributed by atoms with Gasteiger partial charge in [0.15, 0.2) is 5.69 Å². The van der Waals surface area contributed by atoms with Gasteiger partial charge in [-0.3, -0.25) is 4.79 Å². The van der Waals surface area contributed by atoms with Gasteiger partial charge in [-0.05, 0) is 25.8 Å². The number of halogens is 3. The van der Waals surface area contributed by atoms with E-state index < -0.39 is 30.5 Å². The molecule has 2 aromatic rings. The lowest BCUT2D eigenvalue weighted by Crippen LogP contribution is -2.23. The zero-order chi connectivity index (χ0) is 22.8. The molecule has 3 heterocycles. The summed E-state index contributed by atoms with van der Waals surface area (Å²) in [5, 5.41) is 5.83. The molecule has 3 rings (SSSR count). The minimum Gasteiger partial charge on any atom is -0.464 e. The highest BCUT2D eigenvalue weighted by molar-refractivity contribution is 6.10. The molecule has 8 nitrogen and oxygen atoms in total. The molecule has 1 fully saturated rings. The van der Waals surface area contributed by atoms with E-state index in [0.717, 1.165) is 12.8 Å². The summed E-state index contributed by atoms with van der Waals surface area (Å²) in [6, 6.07) is 0.677. The Morgan fingerprint density at radius 2 is 2.16 bits per heavy atom. The summed E-state index contributed by atoms with van der Waals surface area (Å²) in [6.07, 6.45) is -2.35. The van der Waals surface area contributed by atoms with Crippen LogP contribution in [0.3, 0.4) is 0 Å². The third-order valence-electron chi connectivity index (χ3n) is 4.94. The molecule has 2 aromatic heterocycles. The fourth-order valence-electron chi connectivity index (χ4n) is 3.77. The van der Waals surface area contributed by atoms with Crippen molar-refractivity contribution in [3.8, 4) is 0 Å². The Bertz CT molecular complexity index is 967. The van der Waals surface area contributed by atoms with Gasteiger partial charge >= 0.3 is 12.1 Å². The van der Waals surface area contributed by atoms with Crippen molar-refractivity contribution >= 4 is 34.3 Å². The van der Waals surface area contributed by atoms with Gasteiger partial charge in [-0.1, -0.05) is 0 Å². The first-order chi connectivity index (χ1) is 14.6. The summed E-state index contributed by atoms with van der Waals surface area (Å²) in [6.45, 7) is 3.65. The standard InChI is InChI=1S/C20H25F3N4O4/c1-11(8-20(21,22)23)25-13-7-15-16(26-12(2)28)17(19(29)30-3)27(18(15)24-9-13)10-14-5-4-6-31-14/h7,9,11,14,25H,4-6,8,10H2,1-3H3,(H,26,28)/t11-,14-/m0/s1. The van der Waals surface area contributed by atoms with Crippen LogP contribution in [-0.2, 0) is 20.8 Å². The number of rotatable bonds is 7. The average molecular weight is 442 g/mol. The number of esters is 1. The number of amides is 1. The van der Waals surface area contributed by atoms with E-state index in [1.54, 1.807) is 10.6 Å². The van der Waals surface area contributed by atoms with Gasteiger partial charge in [-0.2, -0.15) is 13.2 Å². The maximum absolute atomic E-state index is 12.7. The average Bonchev–Trinajstić information content (AvgIpc) is 3.26. The molecule has 0 bridgehead atoms. The predicted molar refractivity (Wildman–Crippen MR) is 108 cm³/mol. The van der Waals surface area contributed by atoms with Crippen molar-refractivity contribution in [2.75, 3.05) is 24.4 Å². The number of ether oxygens (including phenoxy) is 2. The van der Waals surface area contributed by atoms with Gasteiger partial charge in [-0.15, -0.1) is 0 Å². The van der Waals surface area contributed by atoms with Crippen LogP contribution < -0.4 is 10.6 Å². The smallest absolute Gasteiger partial charge is 0.391 e. The molecule has 2 N–H and O–H groups in total. The Morgan fingerprint density at radius 1 is 1.42 bits per heavy atom. The molecule has 0 saturated carbocycles. The summed E-state index contributed by atoms with van der Waals surface area (Å²) < 4.78 is 50.3. The first kappa shape index (κ1) is 22.9. The summed E-state index contributed by atoms with van der Waals surface area (Å²) in [5.74, 6) is -1.08. The number of hydrogen-bond acceptors (Lipinski definition) is 6. The van der Waals surface area contributed by atoms with E-state index in [1.165, 1.54) is 27.2 Å². The van der Waals surface area contributed by atoms with Crippen molar-refractivity contribution in [1.29, 1.82) is 0 Å². The van der Waals surface area contributed by atoms with E-state index in [2.05, 4.69) is 15.6 Å². The second-order valence-electron chi connectivity index (χ2n) is 7.60. The van der Waals surface area contributed by atoms with Crippen molar-refractivity contribution in [2.45, 2.75) is 58.0 Å². The second kappa shape index (κ2) is 9.13. The lowest BCUT2D eigenvalue weighted by atomic mass is 10.2. The molecule has 0 aromatic carbocycles. The van der Waals surface area contributed by atoms with Crippen LogP contribution in [0.25, 0.3) is 11.0 Å². The third-order valence-corrected chi connectivity index (χ3v) is 4.94. The molecule has 1 aliphatic heterocycles. The van der Waals surface area contributed by atoms with Crippen LogP contribution in [0, 0.1) is 0 Å². The van der Waals surface area contributed by atoms with Crippen LogP contribution in [0.5, 0.6) is 0 Å². The normalized spacial score (nSPS) is 17.5. The SMILES string of the molecule is COC(=O)c1c(NC(C)=O)c2cc(N[C@@H](C)CC(F)(F)F)cnc2n1C[C@@H]1CCCO1. The van der Waals surface area contributed by atoms with Crippen LogP contribution >= 0.6 is 0 Å². The molecule has 0 aliphatic carbocycles. The van der Waals surface area contributed by atoms with Crippen LogP contribution in [0.2, 0.25) is 0 Å². The number of methoxy groups -OCH3 is 1. The highest BCUT2D eigenvalue weighted by atomic mass is 19.4. The molecule has 1 amide bonds. The molecule has 1 saturated heterocycles. The number of alkyl halides is 3. The van der Waals surface area contributed by atoms with E-state index >= 15 is 0 Å². The summed E-state index contributed by atoms with van der Waals surface area (Å²) in [4.78, 5) is 28.8. The van der Waals surface area contributed by atoms with E-state index in [-0.39, 0.29) is 17.5 Å². The first-order valence-corrected chi connectivity index (χ1v) is 9.92. The molecule has 0 spiro atoms. The fraction of sp³-hybridized carbons (Fsp3) is 0.550. The molecule has 1 aliphatic rings. The number of hydrogen-bond donors (Lipinski definition) is 2. The minimum atomic E-state index is -4.31. The number of fused-ring (bicyclic) bond motifs is 1. The number of carbonyl (C=O) groups excluding carboxylic acids is 2. The van der Waals surface area contributed by atoms with Gasteiger partial charge in [0, 0.05) is 25.0 Å². The van der Waals surface area contributed by atoms with Crippen molar-refractivity contribution in [3.05, 3.63) is 18.0 Å². The van der Waals surface area contributed by atoms with E-state index in [9.17, 15) is 22.8 Å². The van der Waals surface area contributed by atoms with Crippen molar-refractivity contribution in [2.24, 2.45) is 0 Å². The van der Waals surface area contributed by atoms with E-state index in [1.807, 2.05) is 0 Å². The number of nitrogens with one attached hydrogen (secondary N) is 2. The Labute approximate surface area is 177 Å². The lowest BCUT2D eigenvalue weighted by molar-refractivity contribution is -0.136. The Kier molecular flexibility index (Phi) is 6.73. The van der Waals surface area contributed by atoms with Crippen molar-refractivity contribution in [3.63, 3.8) is 0 Å².